The van der Waals surface area contributed by atoms with Crippen molar-refractivity contribution < 1.29 is 26.3 Å². The Labute approximate surface area is 241 Å². The molecule has 4 nitrogen and oxygen atoms in total. The van der Waals surface area contributed by atoms with Crippen LogP contribution < -0.4 is 15.9 Å². The Morgan fingerprint density at radius 2 is 1.02 bits per heavy atom. The standard InChI is InChI=1S/C30H41F6N4P/c1-4-12-21-15-10-16-22(13-5-2)25(21)39-27(29(31,32)33)37-19-8-7-9-20-38-28(30(34,35)36)40-26-23(14-6-3)17-11-18-24(26)41/h10-11,15-18H,4-9,12-14,19-20,41H2,1-3H3,(H,37,39)(H,38,40)/p+1. The molecule has 0 aromatic heterocycles. The van der Waals surface area contributed by atoms with E-state index in [2.05, 4.69) is 20.6 Å². The Morgan fingerprint density at radius 1 is 0.634 bits per heavy atom. The van der Waals surface area contributed by atoms with Crippen molar-refractivity contribution in [1.29, 1.82) is 0 Å². The van der Waals surface area contributed by atoms with Crippen LogP contribution in [0.5, 0.6) is 0 Å². The summed E-state index contributed by atoms with van der Waals surface area (Å²) in [6.07, 6.45) is -4.03. The second-order valence-electron chi connectivity index (χ2n) is 9.92. The number of nitrogens with one attached hydrogen (secondary N) is 2. The van der Waals surface area contributed by atoms with Gasteiger partial charge in [0.15, 0.2) is 0 Å². The molecular formula is C30H42F6N4P+. The first kappa shape index (κ1) is 34.6. The van der Waals surface area contributed by atoms with Gasteiger partial charge in [-0.2, -0.15) is 26.3 Å². The summed E-state index contributed by atoms with van der Waals surface area (Å²) in [6, 6.07) is 10.9. The van der Waals surface area contributed by atoms with Crippen molar-refractivity contribution in [1.82, 2.24) is 0 Å². The van der Waals surface area contributed by atoms with Gasteiger partial charge >= 0.3 is 12.4 Å². The van der Waals surface area contributed by atoms with Gasteiger partial charge in [-0.25, -0.2) is 0 Å². The molecule has 1 atom stereocenters. The SMILES string of the molecule is CCCc1cccc([PH3+])c1NC(=NCCCCCN=C(Nc1c(CCC)cccc1CCC)C(F)(F)F)C(F)(F)F. The van der Waals surface area contributed by atoms with E-state index in [-0.39, 0.29) is 13.1 Å². The van der Waals surface area contributed by atoms with Crippen LogP contribution in [0.25, 0.3) is 0 Å². The number of amidine groups is 2. The van der Waals surface area contributed by atoms with Crippen molar-refractivity contribution in [2.24, 2.45) is 9.98 Å². The highest BCUT2D eigenvalue weighted by atomic mass is 31.0. The Kier molecular flexibility index (Phi) is 14.1. The lowest BCUT2D eigenvalue weighted by Gasteiger charge is -2.19. The fourth-order valence-corrected chi connectivity index (χ4v) is 4.93. The summed E-state index contributed by atoms with van der Waals surface area (Å²) in [5.41, 5.74) is 3.31. The zero-order valence-corrected chi connectivity index (χ0v) is 25.5. The van der Waals surface area contributed by atoms with Gasteiger partial charge in [-0.15, -0.1) is 0 Å². The van der Waals surface area contributed by atoms with Crippen molar-refractivity contribution in [3.05, 3.63) is 53.1 Å². The molecule has 0 radical (unpaired) electrons. The Hall–Kier alpha value is -2.61. The molecule has 2 rings (SSSR count). The molecule has 0 aliphatic heterocycles. The van der Waals surface area contributed by atoms with Gasteiger partial charge in [0.1, 0.15) is 5.30 Å². The first-order chi connectivity index (χ1) is 19.4. The highest BCUT2D eigenvalue weighted by molar-refractivity contribution is 7.28. The molecule has 11 heteroatoms. The van der Waals surface area contributed by atoms with Crippen LogP contribution in [0, 0.1) is 0 Å². The lowest BCUT2D eigenvalue weighted by atomic mass is 10.00. The molecule has 0 fully saturated rings. The highest BCUT2D eigenvalue weighted by Crippen LogP contribution is 2.28. The largest absolute Gasteiger partial charge is 0.449 e. The van der Waals surface area contributed by atoms with Crippen LogP contribution in [-0.4, -0.2) is 37.1 Å². The van der Waals surface area contributed by atoms with Crippen LogP contribution >= 0.6 is 9.24 Å². The first-order valence-corrected chi connectivity index (χ1v) is 14.9. The van der Waals surface area contributed by atoms with E-state index < -0.39 is 24.0 Å². The quantitative estimate of drug-likeness (QED) is 0.0749. The average Bonchev–Trinajstić information content (AvgIpc) is 2.88. The summed E-state index contributed by atoms with van der Waals surface area (Å²) in [5, 5.41) is 5.79. The van der Waals surface area contributed by atoms with Gasteiger partial charge in [0, 0.05) is 28.0 Å². The van der Waals surface area contributed by atoms with E-state index in [1.54, 1.807) is 12.1 Å². The van der Waals surface area contributed by atoms with Crippen molar-refractivity contribution in [3.63, 3.8) is 0 Å². The summed E-state index contributed by atoms with van der Waals surface area (Å²) in [7, 11) is 1.51. The summed E-state index contributed by atoms with van der Waals surface area (Å²) < 4.78 is 82.6. The van der Waals surface area contributed by atoms with E-state index in [4.69, 9.17) is 0 Å². The summed E-state index contributed by atoms with van der Waals surface area (Å²) in [5.74, 6) is -2.12. The molecule has 0 saturated heterocycles. The molecule has 2 aromatic rings. The van der Waals surface area contributed by atoms with E-state index in [0.29, 0.717) is 49.9 Å². The Bertz CT molecular complexity index is 1130. The van der Waals surface area contributed by atoms with E-state index in [1.165, 1.54) is 9.24 Å². The van der Waals surface area contributed by atoms with Gasteiger partial charge in [-0.05, 0) is 61.3 Å². The number of hydrogen-bond acceptors (Lipinski definition) is 2. The second kappa shape index (κ2) is 16.7. The van der Waals surface area contributed by atoms with Crippen LogP contribution in [0.15, 0.2) is 46.4 Å². The van der Waals surface area contributed by atoms with Gasteiger partial charge in [0.05, 0.1) is 5.69 Å². The van der Waals surface area contributed by atoms with Crippen molar-refractivity contribution >= 4 is 37.6 Å². The fourth-order valence-electron chi connectivity index (χ4n) is 4.48. The molecular weight excluding hydrogens is 561 g/mol. The molecule has 0 spiro atoms. The van der Waals surface area contributed by atoms with Crippen LogP contribution in [0.3, 0.4) is 0 Å². The monoisotopic (exact) mass is 603 g/mol. The number of nitrogens with zero attached hydrogens (tertiary/aromatic N) is 2. The smallest absolute Gasteiger partial charge is 0.336 e. The number of para-hydroxylation sites is 2. The molecule has 2 N–H and O–H groups in total. The van der Waals surface area contributed by atoms with Crippen LogP contribution in [0.1, 0.15) is 76.0 Å². The third kappa shape index (κ3) is 11.3. The maximum absolute atomic E-state index is 13.8. The van der Waals surface area contributed by atoms with E-state index in [9.17, 15) is 26.3 Å². The number of rotatable bonds is 14. The predicted octanol–water partition coefficient (Wildman–Crippen LogP) is 8.39. The molecule has 0 saturated carbocycles. The number of hydrogen-bond donors (Lipinski definition) is 2. The van der Waals surface area contributed by atoms with Gasteiger partial charge in [0.25, 0.3) is 0 Å². The minimum atomic E-state index is -4.66. The van der Waals surface area contributed by atoms with Gasteiger partial charge in [-0.1, -0.05) is 70.4 Å². The van der Waals surface area contributed by atoms with E-state index >= 15 is 0 Å². The maximum Gasteiger partial charge on any atom is 0.449 e. The molecule has 0 aliphatic carbocycles. The normalized spacial score (nSPS) is 13.1. The van der Waals surface area contributed by atoms with Gasteiger partial charge < -0.3 is 10.6 Å². The zero-order chi connectivity index (χ0) is 30.5. The first-order valence-electron chi connectivity index (χ1n) is 14.2. The van der Waals surface area contributed by atoms with Crippen molar-refractivity contribution in [2.45, 2.75) is 90.9 Å². The summed E-state index contributed by atoms with van der Waals surface area (Å²) in [4.78, 5) is 7.58. The number of unbranched alkanes of at least 4 members (excludes halogenated alkanes) is 2. The van der Waals surface area contributed by atoms with Gasteiger partial charge in [0.2, 0.25) is 11.7 Å². The predicted molar refractivity (Wildman–Crippen MR) is 163 cm³/mol. The summed E-state index contributed by atoms with van der Waals surface area (Å²) in [6.45, 7) is 5.70. The molecule has 0 aliphatic rings. The number of alkyl halides is 6. The fraction of sp³-hybridized carbons (Fsp3) is 0.533. The topological polar surface area (TPSA) is 48.8 Å². The van der Waals surface area contributed by atoms with Crippen molar-refractivity contribution in [3.8, 4) is 0 Å². The third-order valence-electron chi connectivity index (χ3n) is 6.41. The van der Waals surface area contributed by atoms with Crippen LogP contribution in [0.4, 0.5) is 37.7 Å². The van der Waals surface area contributed by atoms with E-state index in [0.717, 1.165) is 41.3 Å². The Balaban J connectivity index is 2.05. The minimum absolute atomic E-state index is 0.0977. The summed E-state index contributed by atoms with van der Waals surface area (Å²) >= 11 is 0. The molecule has 228 valence electrons. The number of aliphatic imine (C=N–C) groups is 2. The number of aryl methyl sites for hydroxylation is 3. The van der Waals surface area contributed by atoms with Crippen LogP contribution in [0.2, 0.25) is 0 Å². The Morgan fingerprint density at radius 3 is 1.44 bits per heavy atom. The number of halogens is 6. The number of anilines is 2. The maximum atomic E-state index is 13.8. The van der Waals surface area contributed by atoms with Crippen molar-refractivity contribution in [2.75, 3.05) is 23.7 Å². The second-order valence-corrected chi connectivity index (χ2v) is 10.7. The molecule has 2 aromatic carbocycles. The highest BCUT2D eigenvalue weighted by Gasteiger charge is 2.37. The molecule has 1 unspecified atom stereocenters. The molecule has 0 bridgehead atoms. The van der Waals surface area contributed by atoms with Crippen LogP contribution in [-0.2, 0) is 19.3 Å². The molecule has 0 amide bonds. The lowest BCUT2D eigenvalue weighted by Crippen LogP contribution is -2.32. The third-order valence-corrected chi connectivity index (χ3v) is 7.00. The molecule has 41 heavy (non-hydrogen) atoms. The lowest BCUT2D eigenvalue weighted by molar-refractivity contribution is -0.0597. The molecule has 0 heterocycles. The minimum Gasteiger partial charge on any atom is -0.336 e. The number of benzene rings is 2. The van der Waals surface area contributed by atoms with Gasteiger partial charge in [-0.3, -0.25) is 9.98 Å². The average molecular weight is 604 g/mol. The van der Waals surface area contributed by atoms with E-state index in [1.807, 2.05) is 45.0 Å². The zero-order valence-electron chi connectivity index (χ0n) is 24.1.